The van der Waals surface area contributed by atoms with E-state index in [0.717, 1.165) is 17.8 Å². The fraction of sp³-hybridized carbons (Fsp3) is 0.250. The molecule has 0 aliphatic carbocycles. The molecule has 2 heterocycles. The number of carbonyl (C=O) groups excluding carboxylic acids is 2. The summed E-state index contributed by atoms with van der Waals surface area (Å²) in [6.07, 6.45) is 3.08. The third-order valence-electron chi connectivity index (χ3n) is 6.00. The van der Waals surface area contributed by atoms with E-state index in [1.54, 1.807) is 61.5 Å². The molecule has 0 spiro atoms. The van der Waals surface area contributed by atoms with E-state index in [4.69, 9.17) is 38.4 Å². The first-order valence-electron chi connectivity index (χ1n) is 12.1. The molecule has 1 aliphatic rings. The van der Waals surface area contributed by atoms with Crippen molar-refractivity contribution in [2.75, 3.05) is 13.2 Å². The van der Waals surface area contributed by atoms with Crippen molar-refractivity contribution in [3.05, 3.63) is 94.8 Å². The van der Waals surface area contributed by atoms with Crippen molar-refractivity contribution in [2.24, 2.45) is 5.73 Å². The topological polar surface area (TPSA) is 101 Å². The Morgan fingerprint density at radius 1 is 1.00 bits per heavy atom. The predicted molar refractivity (Wildman–Crippen MR) is 150 cm³/mol. The van der Waals surface area contributed by atoms with Gasteiger partial charge in [0.25, 0.3) is 5.56 Å². The molecule has 1 atom stereocenters. The Morgan fingerprint density at radius 3 is 2.32 bits per heavy atom. The number of rotatable bonds is 8. The van der Waals surface area contributed by atoms with E-state index in [1.165, 1.54) is 4.57 Å². The highest BCUT2D eigenvalue weighted by Gasteiger charge is 2.40. The zero-order valence-corrected chi connectivity index (χ0v) is 23.2. The molecule has 1 unspecified atom stereocenters. The lowest BCUT2D eigenvalue weighted by Crippen LogP contribution is -2.42. The average Bonchev–Trinajstić information content (AvgIpc) is 3.21. The summed E-state index contributed by atoms with van der Waals surface area (Å²) in [4.78, 5) is 40.6. The van der Waals surface area contributed by atoms with Crippen molar-refractivity contribution < 1.29 is 19.1 Å². The monoisotopic (exact) mass is 572 g/mol. The van der Waals surface area contributed by atoms with Gasteiger partial charge in [0.2, 0.25) is 0 Å². The molecule has 7 nitrogen and oxygen atoms in total. The van der Waals surface area contributed by atoms with Crippen molar-refractivity contribution in [3.8, 4) is 0 Å². The van der Waals surface area contributed by atoms with Crippen molar-refractivity contribution in [3.63, 3.8) is 0 Å². The van der Waals surface area contributed by atoms with Crippen molar-refractivity contribution >= 4 is 63.9 Å². The fourth-order valence-corrected chi connectivity index (χ4v) is 5.79. The molecule has 10 heteroatoms. The van der Waals surface area contributed by atoms with Gasteiger partial charge in [-0.2, -0.15) is 0 Å². The van der Waals surface area contributed by atoms with E-state index < -0.39 is 23.4 Å². The molecule has 1 aromatic heterocycles. The quantitative estimate of drug-likeness (QED) is 0.323. The first kappa shape index (κ1) is 27.7. The standard InChI is InChI=1S/C28H26Cl2N2O5S/c1-3-5-14-37-27(34)22-21(17-11-7-9-13-19(17)30)23(28(35)36-4-2)26-32(24(22)31)25(33)20(38-26)15-16-10-6-8-12-18(16)29/h6-13,15,21H,3-5,14,31H2,1-2H3/b20-15-. The molecule has 2 N–H and O–H groups in total. The lowest BCUT2D eigenvalue weighted by atomic mass is 9.83. The Labute approximate surface area is 233 Å². The first-order valence-corrected chi connectivity index (χ1v) is 13.7. The van der Waals surface area contributed by atoms with E-state index in [-0.39, 0.29) is 39.4 Å². The van der Waals surface area contributed by atoms with Crippen LogP contribution in [0.2, 0.25) is 10.0 Å². The molecule has 0 bridgehead atoms. The normalized spacial score (nSPS) is 15.4. The van der Waals surface area contributed by atoms with Crippen molar-refractivity contribution in [1.29, 1.82) is 0 Å². The lowest BCUT2D eigenvalue weighted by molar-refractivity contribution is -0.139. The van der Waals surface area contributed by atoms with Gasteiger partial charge in [0.1, 0.15) is 10.5 Å². The Morgan fingerprint density at radius 2 is 1.66 bits per heavy atom. The van der Waals surface area contributed by atoms with Crippen molar-refractivity contribution in [2.45, 2.75) is 32.6 Å². The molecule has 0 amide bonds. The number of ether oxygens (including phenoxy) is 2. The number of halogens is 2. The summed E-state index contributed by atoms with van der Waals surface area (Å²) in [5.74, 6) is -2.56. The predicted octanol–water partition coefficient (Wildman–Crippen LogP) is 4.03. The second-order valence-electron chi connectivity index (χ2n) is 8.45. The van der Waals surface area contributed by atoms with Gasteiger partial charge >= 0.3 is 11.9 Å². The fourth-order valence-electron chi connectivity index (χ4n) is 4.19. The number of esters is 2. The Hall–Kier alpha value is -3.33. The van der Waals surface area contributed by atoms with Crippen LogP contribution in [0.4, 0.5) is 0 Å². The van der Waals surface area contributed by atoms with Gasteiger partial charge in [-0.3, -0.25) is 9.36 Å². The Balaban J connectivity index is 2.09. The third-order valence-corrected chi connectivity index (χ3v) is 7.80. The highest BCUT2D eigenvalue weighted by atomic mass is 35.5. The van der Waals surface area contributed by atoms with Crippen LogP contribution < -0.4 is 20.5 Å². The molecule has 0 saturated carbocycles. The molecular formula is C28H26Cl2N2O5S. The number of fused-ring (bicyclic) bond motifs is 1. The van der Waals surface area contributed by atoms with Crippen LogP contribution in [0.1, 0.15) is 43.7 Å². The summed E-state index contributed by atoms with van der Waals surface area (Å²) >= 11 is 14.0. The van der Waals surface area contributed by atoms with Gasteiger partial charge in [0, 0.05) is 10.0 Å². The number of thiazole rings is 1. The number of nitrogens with two attached hydrogens (primary N) is 1. The summed E-state index contributed by atoms with van der Waals surface area (Å²) in [5.41, 5.74) is 7.16. The minimum absolute atomic E-state index is 0.0473. The van der Waals surface area contributed by atoms with Crippen LogP contribution in [0.15, 0.2) is 58.9 Å². The maximum atomic E-state index is 13.6. The summed E-state index contributed by atoms with van der Waals surface area (Å²) in [7, 11) is 0. The third kappa shape index (κ3) is 5.29. The van der Waals surface area contributed by atoms with Gasteiger partial charge in [-0.1, -0.05) is 72.9 Å². The smallest absolute Gasteiger partial charge is 0.338 e. The molecule has 3 aromatic rings. The van der Waals surface area contributed by atoms with Crippen LogP contribution in [0, 0.1) is 0 Å². The molecule has 2 aromatic carbocycles. The van der Waals surface area contributed by atoms with Gasteiger partial charge in [0.15, 0.2) is 0 Å². The number of hydrogen-bond acceptors (Lipinski definition) is 7. The molecule has 4 rings (SSSR count). The van der Waals surface area contributed by atoms with Gasteiger partial charge in [-0.05, 0) is 42.7 Å². The van der Waals surface area contributed by atoms with E-state index in [9.17, 15) is 14.4 Å². The number of unbranched alkanes of at least 4 members (excludes halogenated alkanes) is 1. The Kier molecular flexibility index (Phi) is 8.76. The minimum atomic E-state index is -1.01. The zero-order valence-electron chi connectivity index (χ0n) is 20.8. The summed E-state index contributed by atoms with van der Waals surface area (Å²) in [5, 5.41) is 0.775. The van der Waals surface area contributed by atoms with E-state index >= 15 is 0 Å². The molecule has 1 aliphatic heterocycles. The van der Waals surface area contributed by atoms with Crippen LogP contribution in [0.3, 0.4) is 0 Å². The summed E-state index contributed by atoms with van der Waals surface area (Å²) < 4.78 is 12.6. The average molecular weight is 573 g/mol. The number of hydrogen-bond donors (Lipinski definition) is 1. The maximum absolute atomic E-state index is 13.6. The summed E-state index contributed by atoms with van der Waals surface area (Å²) in [6.45, 7) is 3.89. The van der Waals surface area contributed by atoms with Gasteiger partial charge in [-0.25, -0.2) is 9.59 Å². The van der Waals surface area contributed by atoms with Crippen LogP contribution in [-0.4, -0.2) is 29.7 Å². The van der Waals surface area contributed by atoms with Gasteiger partial charge in [-0.15, -0.1) is 11.3 Å². The summed E-state index contributed by atoms with van der Waals surface area (Å²) in [6, 6.07) is 13.9. The van der Waals surface area contributed by atoms with E-state index in [0.29, 0.717) is 27.6 Å². The molecule has 0 saturated heterocycles. The number of benzene rings is 2. The molecular weight excluding hydrogens is 547 g/mol. The van der Waals surface area contributed by atoms with E-state index in [1.807, 2.05) is 6.92 Å². The number of carbonyl (C=O) groups is 2. The first-order chi connectivity index (χ1) is 18.3. The van der Waals surface area contributed by atoms with Gasteiger partial charge in [0.05, 0.1) is 34.8 Å². The van der Waals surface area contributed by atoms with Crippen LogP contribution in [-0.2, 0) is 19.1 Å². The zero-order chi connectivity index (χ0) is 27.4. The number of nitrogens with zero attached hydrogens (tertiary/aromatic N) is 1. The highest BCUT2D eigenvalue weighted by Crippen LogP contribution is 2.40. The van der Waals surface area contributed by atoms with Crippen LogP contribution in [0.5, 0.6) is 0 Å². The lowest BCUT2D eigenvalue weighted by Gasteiger charge is -2.27. The molecule has 0 radical (unpaired) electrons. The molecule has 38 heavy (non-hydrogen) atoms. The second-order valence-corrected chi connectivity index (χ2v) is 10.3. The van der Waals surface area contributed by atoms with Crippen LogP contribution >= 0.6 is 34.5 Å². The molecule has 198 valence electrons. The second kappa shape index (κ2) is 12.0. The van der Waals surface area contributed by atoms with Crippen molar-refractivity contribution in [1.82, 2.24) is 4.57 Å². The SMILES string of the molecule is CCCCOC(=O)C1=C(N)n2c(s/c(=C\c3ccccc3Cl)c2=O)=C(C(=O)OCC)C1c1ccccc1Cl. The minimum Gasteiger partial charge on any atom is -0.463 e. The van der Waals surface area contributed by atoms with Crippen LogP contribution in [0.25, 0.3) is 17.5 Å². The largest absolute Gasteiger partial charge is 0.463 e. The number of aromatic nitrogens is 1. The maximum Gasteiger partial charge on any atom is 0.338 e. The van der Waals surface area contributed by atoms with Gasteiger partial charge < -0.3 is 15.2 Å². The highest BCUT2D eigenvalue weighted by molar-refractivity contribution is 7.07. The Bertz CT molecular complexity index is 1610. The van der Waals surface area contributed by atoms with E-state index in [2.05, 4.69) is 0 Å². The molecule has 0 fully saturated rings.